The van der Waals surface area contributed by atoms with Gasteiger partial charge in [0.05, 0.1) is 13.1 Å². The second-order valence-electron chi connectivity index (χ2n) is 7.31. The molecule has 1 amide bonds. The summed E-state index contributed by atoms with van der Waals surface area (Å²) in [6.07, 6.45) is 1.69. The predicted molar refractivity (Wildman–Crippen MR) is 126 cm³/mol. The first-order valence-corrected chi connectivity index (χ1v) is 10.5. The maximum absolute atomic E-state index is 12.7. The third-order valence-electron chi connectivity index (χ3n) is 5.08. The van der Waals surface area contributed by atoms with Crippen LogP contribution < -0.4 is 15.6 Å². The largest absolute Gasteiger partial charge is 0.491 e. The van der Waals surface area contributed by atoms with E-state index in [0.717, 1.165) is 22.4 Å². The summed E-state index contributed by atoms with van der Waals surface area (Å²) >= 11 is 0. The fourth-order valence-electron chi connectivity index (χ4n) is 3.48. The fraction of sp³-hybridized carbons (Fsp3) is 0.111. The van der Waals surface area contributed by atoms with Gasteiger partial charge in [-0.1, -0.05) is 78.9 Å². The third-order valence-corrected chi connectivity index (χ3v) is 5.08. The van der Waals surface area contributed by atoms with Crippen molar-refractivity contribution in [1.82, 2.24) is 9.88 Å². The molecule has 160 valence electrons. The van der Waals surface area contributed by atoms with E-state index < -0.39 is 5.91 Å². The van der Waals surface area contributed by atoms with E-state index in [2.05, 4.69) is 5.32 Å². The SMILES string of the molecule is O=C(NCCOc1ccccc1-c1ccccc1)c1cccn(Cc2ccccc2)c1=O. The number of pyridine rings is 1. The van der Waals surface area contributed by atoms with Crippen LogP contribution in [-0.4, -0.2) is 23.6 Å². The Morgan fingerprint density at radius 3 is 2.28 bits per heavy atom. The Morgan fingerprint density at radius 2 is 1.50 bits per heavy atom. The summed E-state index contributed by atoms with van der Waals surface area (Å²) in [5.74, 6) is 0.343. The van der Waals surface area contributed by atoms with Crippen LogP contribution in [0.15, 0.2) is 108 Å². The number of ether oxygens (including phenoxy) is 1. The summed E-state index contributed by atoms with van der Waals surface area (Å²) < 4.78 is 7.45. The molecule has 0 aliphatic heterocycles. The molecule has 32 heavy (non-hydrogen) atoms. The van der Waals surface area contributed by atoms with E-state index in [1.54, 1.807) is 18.3 Å². The van der Waals surface area contributed by atoms with Gasteiger partial charge in [0.2, 0.25) is 0 Å². The number of carbonyl (C=O) groups is 1. The number of hydrogen-bond acceptors (Lipinski definition) is 3. The van der Waals surface area contributed by atoms with Crippen molar-refractivity contribution >= 4 is 5.91 Å². The number of para-hydroxylation sites is 1. The quantitative estimate of drug-likeness (QED) is 0.427. The van der Waals surface area contributed by atoms with Gasteiger partial charge in [0, 0.05) is 11.8 Å². The first-order chi connectivity index (χ1) is 15.7. The molecule has 0 aliphatic carbocycles. The van der Waals surface area contributed by atoms with Gasteiger partial charge in [-0.2, -0.15) is 0 Å². The molecule has 0 bridgehead atoms. The highest BCUT2D eigenvalue weighted by atomic mass is 16.5. The molecule has 0 radical (unpaired) electrons. The number of amides is 1. The lowest BCUT2D eigenvalue weighted by Gasteiger charge is -2.12. The van der Waals surface area contributed by atoms with Gasteiger partial charge in [0.1, 0.15) is 17.9 Å². The summed E-state index contributed by atoms with van der Waals surface area (Å²) in [6, 6.07) is 30.7. The molecule has 5 heteroatoms. The first kappa shape index (κ1) is 21.1. The Morgan fingerprint density at radius 1 is 0.812 bits per heavy atom. The second-order valence-corrected chi connectivity index (χ2v) is 7.31. The monoisotopic (exact) mass is 424 g/mol. The molecule has 1 N–H and O–H groups in total. The van der Waals surface area contributed by atoms with Crippen molar-refractivity contribution in [2.75, 3.05) is 13.2 Å². The van der Waals surface area contributed by atoms with Crippen LogP contribution in [0.25, 0.3) is 11.1 Å². The van der Waals surface area contributed by atoms with Crippen molar-refractivity contribution < 1.29 is 9.53 Å². The lowest BCUT2D eigenvalue weighted by atomic mass is 10.1. The van der Waals surface area contributed by atoms with Crippen LogP contribution in [-0.2, 0) is 6.54 Å². The topological polar surface area (TPSA) is 60.3 Å². The number of nitrogens with one attached hydrogen (secondary N) is 1. The number of benzene rings is 3. The maximum Gasteiger partial charge on any atom is 0.263 e. The number of aromatic nitrogens is 1. The van der Waals surface area contributed by atoms with Crippen molar-refractivity contribution in [2.45, 2.75) is 6.54 Å². The molecule has 0 saturated heterocycles. The van der Waals surface area contributed by atoms with E-state index in [4.69, 9.17) is 4.74 Å². The van der Waals surface area contributed by atoms with Gasteiger partial charge in [0.25, 0.3) is 11.5 Å². The molecule has 5 nitrogen and oxygen atoms in total. The van der Waals surface area contributed by atoms with Crippen LogP contribution >= 0.6 is 0 Å². The smallest absolute Gasteiger partial charge is 0.263 e. The average Bonchev–Trinajstić information content (AvgIpc) is 2.84. The van der Waals surface area contributed by atoms with Crippen LogP contribution in [0.5, 0.6) is 5.75 Å². The Hall–Kier alpha value is -4.12. The minimum absolute atomic E-state index is 0.119. The van der Waals surface area contributed by atoms with Gasteiger partial charge in [0.15, 0.2) is 0 Å². The van der Waals surface area contributed by atoms with Gasteiger partial charge in [-0.25, -0.2) is 0 Å². The average molecular weight is 425 g/mol. The van der Waals surface area contributed by atoms with E-state index in [1.165, 1.54) is 4.57 Å². The highest BCUT2D eigenvalue weighted by Crippen LogP contribution is 2.29. The molecular formula is C27H24N2O3. The van der Waals surface area contributed by atoms with E-state index >= 15 is 0 Å². The van der Waals surface area contributed by atoms with Crippen molar-refractivity contribution in [3.8, 4) is 16.9 Å². The summed E-state index contributed by atoms with van der Waals surface area (Å²) in [5, 5.41) is 2.78. The van der Waals surface area contributed by atoms with E-state index in [9.17, 15) is 9.59 Å². The van der Waals surface area contributed by atoms with Gasteiger partial charge >= 0.3 is 0 Å². The molecule has 4 rings (SSSR count). The van der Waals surface area contributed by atoms with Crippen molar-refractivity contribution in [3.63, 3.8) is 0 Å². The fourth-order valence-corrected chi connectivity index (χ4v) is 3.48. The molecule has 0 unspecified atom stereocenters. The molecule has 4 aromatic rings. The summed E-state index contributed by atoms with van der Waals surface area (Å²) in [6.45, 7) is 0.996. The zero-order valence-corrected chi connectivity index (χ0v) is 17.6. The highest BCUT2D eigenvalue weighted by Gasteiger charge is 2.12. The molecule has 0 saturated carbocycles. The lowest BCUT2D eigenvalue weighted by molar-refractivity contribution is 0.0945. The Labute approximate surface area is 186 Å². The highest BCUT2D eigenvalue weighted by molar-refractivity contribution is 5.93. The molecule has 1 aromatic heterocycles. The Balaban J connectivity index is 1.37. The molecule has 0 atom stereocenters. The lowest BCUT2D eigenvalue weighted by Crippen LogP contribution is -2.34. The minimum atomic E-state index is -0.405. The van der Waals surface area contributed by atoms with E-state index in [0.29, 0.717) is 13.2 Å². The molecule has 0 spiro atoms. The van der Waals surface area contributed by atoms with E-state index in [1.807, 2.05) is 84.9 Å². The zero-order chi connectivity index (χ0) is 22.2. The van der Waals surface area contributed by atoms with Crippen LogP contribution in [0.2, 0.25) is 0 Å². The van der Waals surface area contributed by atoms with Crippen LogP contribution in [0, 0.1) is 0 Å². The van der Waals surface area contributed by atoms with Gasteiger partial charge in [-0.3, -0.25) is 9.59 Å². The van der Waals surface area contributed by atoms with Gasteiger partial charge < -0.3 is 14.6 Å². The van der Waals surface area contributed by atoms with Crippen LogP contribution in [0.4, 0.5) is 0 Å². The second kappa shape index (κ2) is 10.3. The molecule has 0 fully saturated rings. The Bertz CT molecular complexity index is 1230. The van der Waals surface area contributed by atoms with Gasteiger partial charge in [-0.15, -0.1) is 0 Å². The summed E-state index contributed by atoms with van der Waals surface area (Å²) in [7, 11) is 0. The van der Waals surface area contributed by atoms with Crippen molar-refractivity contribution in [1.29, 1.82) is 0 Å². The summed E-state index contributed by atoms with van der Waals surface area (Å²) in [5.41, 5.74) is 2.86. The number of nitrogens with zero attached hydrogens (tertiary/aromatic N) is 1. The molecule has 0 aliphatic rings. The van der Waals surface area contributed by atoms with Crippen LogP contribution in [0.3, 0.4) is 0 Å². The normalized spacial score (nSPS) is 10.5. The van der Waals surface area contributed by atoms with Crippen LogP contribution in [0.1, 0.15) is 15.9 Å². The third kappa shape index (κ3) is 5.13. The van der Waals surface area contributed by atoms with E-state index in [-0.39, 0.29) is 17.7 Å². The zero-order valence-electron chi connectivity index (χ0n) is 17.6. The standard InChI is InChI=1S/C27H24N2O3/c30-26(24-15-9-18-29(27(24)31)20-21-10-3-1-4-11-21)28-17-19-32-25-16-8-7-14-23(25)22-12-5-2-6-13-22/h1-16,18H,17,19-20H2,(H,28,30). The molecular weight excluding hydrogens is 400 g/mol. The number of carbonyl (C=O) groups excluding carboxylic acids is 1. The maximum atomic E-state index is 12.7. The van der Waals surface area contributed by atoms with Crippen molar-refractivity contribution in [2.24, 2.45) is 0 Å². The number of hydrogen-bond donors (Lipinski definition) is 1. The molecule has 3 aromatic carbocycles. The van der Waals surface area contributed by atoms with Crippen molar-refractivity contribution in [3.05, 3.63) is 125 Å². The number of rotatable bonds is 8. The predicted octanol–water partition coefficient (Wildman–Crippen LogP) is 4.37. The Kier molecular flexibility index (Phi) is 6.78. The first-order valence-electron chi connectivity index (χ1n) is 10.5. The summed E-state index contributed by atoms with van der Waals surface area (Å²) in [4.78, 5) is 25.3. The minimum Gasteiger partial charge on any atom is -0.491 e. The molecule has 1 heterocycles. The van der Waals surface area contributed by atoms with Gasteiger partial charge in [-0.05, 0) is 29.3 Å².